The van der Waals surface area contributed by atoms with Crippen molar-refractivity contribution in [1.29, 1.82) is 0 Å². The zero-order chi connectivity index (χ0) is 25.3. The van der Waals surface area contributed by atoms with Gasteiger partial charge in [0.25, 0.3) is 0 Å². The lowest BCUT2D eigenvalue weighted by atomic mass is 9.74. The van der Waals surface area contributed by atoms with E-state index in [0.717, 1.165) is 57.1 Å². The van der Waals surface area contributed by atoms with Crippen molar-refractivity contribution in [2.45, 2.75) is 37.2 Å². The fraction of sp³-hybridized carbons (Fsp3) is 0.464. The molecular weight excluding hydrogens is 467 g/mol. The van der Waals surface area contributed by atoms with Crippen molar-refractivity contribution in [3.05, 3.63) is 71.1 Å². The lowest BCUT2D eigenvalue weighted by molar-refractivity contribution is -0.128. The molecule has 0 bridgehead atoms. The van der Waals surface area contributed by atoms with Crippen LogP contribution in [0, 0.1) is 23.4 Å². The summed E-state index contributed by atoms with van der Waals surface area (Å²) < 4.78 is 40.2. The number of benzene rings is 2. The van der Waals surface area contributed by atoms with E-state index in [1.54, 1.807) is 11.0 Å². The minimum atomic E-state index is -0.680. The Morgan fingerprint density at radius 3 is 2.42 bits per heavy atom. The summed E-state index contributed by atoms with van der Waals surface area (Å²) in [5.41, 5.74) is 2.46. The Morgan fingerprint density at radius 2 is 1.72 bits per heavy atom. The van der Waals surface area contributed by atoms with Crippen molar-refractivity contribution in [2.24, 2.45) is 5.92 Å². The van der Waals surface area contributed by atoms with E-state index in [2.05, 4.69) is 10.2 Å². The molecule has 5 rings (SSSR count). The second-order valence-corrected chi connectivity index (χ2v) is 10.4. The number of likely N-dealkylation sites (tertiary alicyclic amines) is 2. The molecular formula is C28H32F3N3O2. The van der Waals surface area contributed by atoms with Crippen molar-refractivity contribution < 1.29 is 23.1 Å². The number of β-amino-alcohol motifs (C(OH)–C–C–N with tert-alkyl or cyclic N) is 1. The normalized spacial score (nSPS) is 21.1. The standard InChI is InChI=1S/C28H32F3N3O2/c29-21-2-3-24-25(16-21)32-18-28(24)7-11-33(12-8-28)17-26(35)20-5-9-34(10-6-20)27(36)4-1-19-13-22(30)15-23(31)14-19/h1-4,13-16,20,26,32,35H,5-12,17-18H2/b4-1+. The van der Waals surface area contributed by atoms with Gasteiger partial charge in [0.2, 0.25) is 5.91 Å². The maximum atomic E-state index is 13.6. The molecule has 2 saturated heterocycles. The number of carbonyl (C=O) groups excluding carboxylic acids is 1. The zero-order valence-corrected chi connectivity index (χ0v) is 20.2. The summed E-state index contributed by atoms with van der Waals surface area (Å²) >= 11 is 0. The van der Waals surface area contributed by atoms with Crippen LogP contribution in [0.25, 0.3) is 6.08 Å². The van der Waals surface area contributed by atoms with Crippen LogP contribution in [-0.2, 0) is 10.2 Å². The van der Waals surface area contributed by atoms with Crippen LogP contribution in [0.2, 0.25) is 0 Å². The van der Waals surface area contributed by atoms with Crippen LogP contribution in [0.5, 0.6) is 0 Å². The number of nitrogens with one attached hydrogen (secondary N) is 1. The number of fused-ring (bicyclic) bond motifs is 2. The van der Waals surface area contributed by atoms with Crippen LogP contribution in [0.3, 0.4) is 0 Å². The van der Waals surface area contributed by atoms with Gasteiger partial charge in [0.15, 0.2) is 0 Å². The van der Waals surface area contributed by atoms with E-state index in [0.29, 0.717) is 25.2 Å². The van der Waals surface area contributed by atoms with E-state index in [-0.39, 0.29) is 23.1 Å². The van der Waals surface area contributed by atoms with Crippen molar-refractivity contribution in [1.82, 2.24) is 9.80 Å². The van der Waals surface area contributed by atoms with Crippen LogP contribution in [0.4, 0.5) is 18.9 Å². The van der Waals surface area contributed by atoms with Gasteiger partial charge in [0, 0.05) is 49.4 Å². The van der Waals surface area contributed by atoms with E-state index in [9.17, 15) is 23.1 Å². The maximum Gasteiger partial charge on any atom is 0.246 e. The fourth-order valence-corrected chi connectivity index (χ4v) is 5.96. The predicted octanol–water partition coefficient (Wildman–Crippen LogP) is 4.18. The summed E-state index contributed by atoms with van der Waals surface area (Å²) in [6.45, 7) is 4.31. The number of hydrogen-bond donors (Lipinski definition) is 2. The van der Waals surface area contributed by atoms with E-state index in [1.807, 2.05) is 6.07 Å². The first-order valence-corrected chi connectivity index (χ1v) is 12.7. The van der Waals surface area contributed by atoms with E-state index in [4.69, 9.17) is 0 Å². The van der Waals surface area contributed by atoms with Gasteiger partial charge in [0.05, 0.1) is 6.10 Å². The smallest absolute Gasteiger partial charge is 0.246 e. The Labute approximate surface area is 209 Å². The minimum Gasteiger partial charge on any atom is -0.392 e. The van der Waals surface area contributed by atoms with Gasteiger partial charge in [0.1, 0.15) is 17.5 Å². The molecule has 192 valence electrons. The van der Waals surface area contributed by atoms with E-state index in [1.165, 1.54) is 35.9 Å². The Bertz CT molecular complexity index is 1120. The highest BCUT2D eigenvalue weighted by Crippen LogP contribution is 2.44. The molecule has 8 heteroatoms. The number of amides is 1. The number of aliphatic hydroxyl groups is 1. The van der Waals surface area contributed by atoms with Crippen molar-refractivity contribution >= 4 is 17.7 Å². The summed E-state index contributed by atoms with van der Waals surface area (Å²) in [5, 5.41) is 14.3. The second kappa shape index (κ2) is 10.3. The summed E-state index contributed by atoms with van der Waals surface area (Å²) in [4.78, 5) is 16.5. The number of rotatable bonds is 5. The second-order valence-electron chi connectivity index (χ2n) is 10.4. The van der Waals surface area contributed by atoms with Gasteiger partial charge >= 0.3 is 0 Å². The van der Waals surface area contributed by atoms with Crippen LogP contribution in [0.15, 0.2) is 42.5 Å². The fourth-order valence-electron chi connectivity index (χ4n) is 5.96. The maximum absolute atomic E-state index is 13.6. The monoisotopic (exact) mass is 499 g/mol. The highest BCUT2D eigenvalue weighted by atomic mass is 19.1. The Balaban J connectivity index is 1.08. The molecule has 0 saturated carbocycles. The molecule has 3 heterocycles. The van der Waals surface area contributed by atoms with Gasteiger partial charge in [-0.3, -0.25) is 4.79 Å². The number of aliphatic hydroxyl groups excluding tert-OH is 1. The molecule has 3 aliphatic rings. The SMILES string of the molecule is O=C(/C=C/c1cc(F)cc(F)c1)N1CCC(C(O)CN2CCC3(CC2)CNc2cc(F)ccc23)CC1. The summed E-state index contributed by atoms with van der Waals surface area (Å²) in [6, 6.07) is 8.19. The first kappa shape index (κ1) is 24.8. The summed E-state index contributed by atoms with van der Waals surface area (Å²) in [5.74, 6) is -1.64. The molecule has 1 atom stereocenters. The van der Waals surface area contributed by atoms with Gasteiger partial charge in [-0.1, -0.05) is 6.07 Å². The minimum absolute atomic E-state index is 0.0427. The van der Waals surface area contributed by atoms with Gasteiger partial charge < -0.3 is 20.2 Å². The zero-order valence-electron chi connectivity index (χ0n) is 20.2. The molecule has 5 nitrogen and oxygen atoms in total. The number of piperidine rings is 2. The molecule has 2 fully saturated rings. The number of carbonyl (C=O) groups is 1. The van der Waals surface area contributed by atoms with Crippen molar-refractivity contribution in [3.63, 3.8) is 0 Å². The Morgan fingerprint density at radius 1 is 1.03 bits per heavy atom. The third kappa shape index (κ3) is 5.30. The molecule has 3 aliphatic heterocycles. The highest BCUT2D eigenvalue weighted by Gasteiger charge is 2.42. The largest absolute Gasteiger partial charge is 0.392 e. The number of halogens is 3. The average Bonchev–Trinajstić information content (AvgIpc) is 3.20. The number of nitrogens with zero attached hydrogens (tertiary/aromatic N) is 2. The molecule has 0 aliphatic carbocycles. The van der Waals surface area contributed by atoms with Crippen LogP contribution in [0.1, 0.15) is 36.8 Å². The quantitative estimate of drug-likeness (QED) is 0.607. The topological polar surface area (TPSA) is 55.8 Å². The molecule has 36 heavy (non-hydrogen) atoms. The highest BCUT2D eigenvalue weighted by molar-refractivity contribution is 5.91. The van der Waals surface area contributed by atoms with Crippen LogP contribution >= 0.6 is 0 Å². The lowest BCUT2D eigenvalue weighted by Crippen LogP contribution is -2.48. The molecule has 2 aromatic carbocycles. The van der Waals surface area contributed by atoms with Gasteiger partial charge in [-0.15, -0.1) is 0 Å². The lowest BCUT2D eigenvalue weighted by Gasteiger charge is -2.41. The predicted molar refractivity (Wildman–Crippen MR) is 133 cm³/mol. The van der Waals surface area contributed by atoms with Crippen LogP contribution in [-0.4, -0.2) is 66.2 Å². The van der Waals surface area contributed by atoms with E-state index < -0.39 is 17.7 Å². The molecule has 1 unspecified atom stereocenters. The third-order valence-electron chi connectivity index (χ3n) is 8.13. The molecule has 1 spiro atoms. The first-order valence-electron chi connectivity index (χ1n) is 12.7. The molecule has 1 amide bonds. The Hall–Kier alpha value is -2.84. The van der Waals surface area contributed by atoms with Gasteiger partial charge in [-0.25, -0.2) is 13.2 Å². The van der Waals surface area contributed by atoms with Gasteiger partial charge in [-0.2, -0.15) is 0 Å². The Kier molecular flexibility index (Phi) is 7.08. The number of hydrogen-bond acceptors (Lipinski definition) is 4. The third-order valence-corrected chi connectivity index (χ3v) is 8.13. The number of anilines is 1. The molecule has 2 N–H and O–H groups in total. The summed E-state index contributed by atoms with van der Waals surface area (Å²) in [7, 11) is 0. The van der Waals surface area contributed by atoms with Crippen molar-refractivity contribution in [2.75, 3.05) is 44.6 Å². The van der Waals surface area contributed by atoms with Crippen LogP contribution < -0.4 is 5.32 Å². The first-order chi connectivity index (χ1) is 17.3. The molecule has 0 aromatic heterocycles. The molecule has 2 aromatic rings. The van der Waals surface area contributed by atoms with Crippen molar-refractivity contribution in [3.8, 4) is 0 Å². The van der Waals surface area contributed by atoms with Gasteiger partial charge in [-0.05, 0) is 86.2 Å². The van der Waals surface area contributed by atoms with E-state index >= 15 is 0 Å². The molecule has 0 radical (unpaired) electrons. The average molecular weight is 500 g/mol. The summed E-state index contributed by atoms with van der Waals surface area (Å²) in [6.07, 6.45) is 5.70.